The van der Waals surface area contributed by atoms with E-state index in [1.165, 1.54) is 4.90 Å². The summed E-state index contributed by atoms with van der Waals surface area (Å²) in [4.78, 5) is 24.8. The van der Waals surface area contributed by atoms with E-state index < -0.39 is 11.8 Å². The van der Waals surface area contributed by atoms with Crippen molar-refractivity contribution in [1.29, 1.82) is 0 Å². The smallest absolute Gasteiger partial charge is 0.311 e. The molecule has 1 saturated heterocycles. The molecule has 0 radical (unpaired) electrons. The van der Waals surface area contributed by atoms with Crippen molar-refractivity contribution in [3.05, 3.63) is 0 Å². The fraction of sp³-hybridized carbons (Fsp3) is 0.700. The maximum atomic E-state index is 11.7. The quantitative estimate of drug-likeness (QED) is 0.503. The molecule has 0 atom stereocenters. The summed E-state index contributed by atoms with van der Waals surface area (Å²) in [7, 11) is 1.62. The maximum Gasteiger partial charge on any atom is 0.311 e. The van der Waals surface area contributed by atoms with Crippen LogP contribution in [0.2, 0.25) is 0 Å². The fourth-order valence-corrected chi connectivity index (χ4v) is 1.71. The number of nitrogens with zero attached hydrogens (tertiary/aromatic N) is 1. The Morgan fingerprint density at radius 2 is 2.06 bits per heavy atom. The number of rotatable bonds is 3. The van der Waals surface area contributed by atoms with Gasteiger partial charge in [0.2, 0.25) is 0 Å². The normalized spacial score (nSPS) is 16.3. The zero-order valence-electron chi connectivity index (χ0n) is 9.77. The Balaban J connectivity index is 2.44. The highest BCUT2D eigenvalue weighted by Crippen LogP contribution is 2.12. The number of ether oxygens (including phenoxy) is 1. The van der Waals surface area contributed by atoms with E-state index in [0.29, 0.717) is 13.2 Å². The van der Waals surface area contributed by atoms with Crippen LogP contribution in [-0.4, -0.2) is 54.6 Å². The van der Waals surface area contributed by atoms with Crippen LogP contribution in [0.1, 0.15) is 12.8 Å². The Hall–Kier alpha value is -1.21. The number of carbonyl (C=O) groups is 2. The van der Waals surface area contributed by atoms with Gasteiger partial charge in [0.1, 0.15) is 0 Å². The number of likely N-dealkylation sites (N-methyl/N-ethyl adjacent to an activating group) is 1. The van der Waals surface area contributed by atoms with Gasteiger partial charge in [0, 0.05) is 26.3 Å². The molecule has 0 spiro atoms. The Labute approximate surface area is 105 Å². The molecule has 1 rings (SSSR count). The van der Waals surface area contributed by atoms with Crippen LogP contribution in [0.3, 0.4) is 0 Å². The van der Waals surface area contributed by atoms with Crippen molar-refractivity contribution in [2.75, 3.05) is 26.8 Å². The predicted octanol–water partition coefficient (Wildman–Crippen LogP) is -0.974. The zero-order valence-corrected chi connectivity index (χ0v) is 10.6. The summed E-state index contributed by atoms with van der Waals surface area (Å²) in [6.07, 6.45) is 1.51. The number of nitrogens with one attached hydrogen (secondary N) is 1. The SMILES string of the molecule is CN(C(=O)C(=O)NCC(N)=S)C1CCOCC1. The minimum atomic E-state index is -0.674. The van der Waals surface area contributed by atoms with E-state index in [-0.39, 0.29) is 17.6 Å². The van der Waals surface area contributed by atoms with Gasteiger partial charge in [-0.05, 0) is 12.8 Å². The molecule has 0 aromatic carbocycles. The van der Waals surface area contributed by atoms with Crippen LogP contribution in [0.5, 0.6) is 0 Å². The topological polar surface area (TPSA) is 84.7 Å². The average molecular weight is 259 g/mol. The summed E-state index contributed by atoms with van der Waals surface area (Å²) in [6, 6.07) is 0.0619. The van der Waals surface area contributed by atoms with Crippen LogP contribution < -0.4 is 11.1 Å². The highest BCUT2D eigenvalue weighted by atomic mass is 32.1. The van der Waals surface area contributed by atoms with Crippen LogP contribution in [0.4, 0.5) is 0 Å². The molecule has 17 heavy (non-hydrogen) atoms. The molecule has 1 fully saturated rings. The standard InChI is InChI=1S/C10H17N3O3S/c1-13(7-2-4-16-5-3-7)10(15)9(14)12-6-8(11)17/h7H,2-6H2,1H3,(H2,11,17)(H,12,14). The fourth-order valence-electron chi connectivity index (χ4n) is 1.64. The minimum Gasteiger partial charge on any atom is -0.392 e. The summed E-state index contributed by atoms with van der Waals surface area (Å²) in [5.41, 5.74) is 5.24. The molecule has 1 aliphatic rings. The molecule has 0 aromatic heterocycles. The number of carbonyl (C=O) groups excluding carboxylic acids is 2. The number of hydrogen-bond donors (Lipinski definition) is 2. The van der Waals surface area contributed by atoms with Crippen LogP contribution in [-0.2, 0) is 14.3 Å². The third kappa shape index (κ3) is 4.27. The first-order valence-electron chi connectivity index (χ1n) is 5.43. The maximum absolute atomic E-state index is 11.7. The first-order chi connectivity index (χ1) is 8.02. The molecular formula is C10H17N3O3S. The van der Waals surface area contributed by atoms with E-state index in [1.807, 2.05) is 0 Å². The molecule has 96 valence electrons. The van der Waals surface area contributed by atoms with Gasteiger partial charge in [-0.1, -0.05) is 12.2 Å². The lowest BCUT2D eigenvalue weighted by molar-refractivity contribution is -0.147. The van der Waals surface area contributed by atoms with Gasteiger partial charge >= 0.3 is 11.8 Å². The van der Waals surface area contributed by atoms with Crippen molar-refractivity contribution in [3.63, 3.8) is 0 Å². The van der Waals surface area contributed by atoms with E-state index in [0.717, 1.165) is 12.8 Å². The van der Waals surface area contributed by atoms with E-state index in [2.05, 4.69) is 17.5 Å². The van der Waals surface area contributed by atoms with Gasteiger partial charge in [0.15, 0.2) is 0 Å². The van der Waals surface area contributed by atoms with E-state index in [9.17, 15) is 9.59 Å². The zero-order chi connectivity index (χ0) is 12.8. The molecule has 0 aliphatic carbocycles. The Morgan fingerprint density at radius 1 is 1.47 bits per heavy atom. The minimum absolute atomic E-state index is 0.0432. The predicted molar refractivity (Wildman–Crippen MR) is 66.4 cm³/mol. The molecule has 0 bridgehead atoms. The number of nitrogens with two attached hydrogens (primary N) is 1. The lowest BCUT2D eigenvalue weighted by Gasteiger charge is -2.30. The average Bonchev–Trinajstić information content (AvgIpc) is 2.35. The summed E-state index contributed by atoms with van der Waals surface area (Å²) < 4.78 is 5.20. The number of hydrogen-bond acceptors (Lipinski definition) is 4. The van der Waals surface area contributed by atoms with Crippen LogP contribution in [0, 0.1) is 0 Å². The number of amides is 2. The molecule has 0 aromatic rings. The molecule has 7 heteroatoms. The van der Waals surface area contributed by atoms with Crippen LogP contribution in [0.25, 0.3) is 0 Å². The monoisotopic (exact) mass is 259 g/mol. The first kappa shape index (κ1) is 13.9. The van der Waals surface area contributed by atoms with Crippen LogP contribution >= 0.6 is 12.2 Å². The highest BCUT2D eigenvalue weighted by Gasteiger charge is 2.26. The second-order valence-electron chi connectivity index (χ2n) is 3.91. The van der Waals surface area contributed by atoms with Gasteiger partial charge in [-0.15, -0.1) is 0 Å². The Kier molecular flexibility index (Phi) is 5.30. The van der Waals surface area contributed by atoms with Crippen molar-refractivity contribution in [2.45, 2.75) is 18.9 Å². The second kappa shape index (κ2) is 6.51. The molecule has 1 aliphatic heterocycles. The van der Waals surface area contributed by atoms with Crippen molar-refractivity contribution in [2.24, 2.45) is 5.73 Å². The summed E-state index contributed by atoms with van der Waals surface area (Å²) >= 11 is 4.61. The van der Waals surface area contributed by atoms with Gasteiger partial charge in [-0.3, -0.25) is 9.59 Å². The molecule has 0 unspecified atom stereocenters. The first-order valence-corrected chi connectivity index (χ1v) is 5.84. The summed E-state index contributed by atoms with van der Waals surface area (Å²) in [5.74, 6) is -1.24. The molecule has 2 amide bonds. The van der Waals surface area contributed by atoms with Gasteiger partial charge in [-0.25, -0.2) is 0 Å². The van der Waals surface area contributed by atoms with E-state index in [1.54, 1.807) is 7.05 Å². The van der Waals surface area contributed by atoms with Gasteiger partial charge in [0.05, 0.1) is 11.5 Å². The third-order valence-corrected chi connectivity index (χ3v) is 2.82. The van der Waals surface area contributed by atoms with Gasteiger partial charge < -0.3 is 20.7 Å². The van der Waals surface area contributed by atoms with Crippen molar-refractivity contribution in [1.82, 2.24) is 10.2 Å². The van der Waals surface area contributed by atoms with Crippen LogP contribution in [0.15, 0.2) is 0 Å². The van der Waals surface area contributed by atoms with E-state index in [4.69, 9.17) is 10.5 Å². The lowest BCUT2D eigenvalue weighted by Crippen LogP contribution is -2.48. The number of thiocarbonyl (C=S) groups is 1. The molecule has 3 N–H and O–H groups in total. The van der Waals surface area contributed by atoms with E-state index >= 15 is 0 Å². The molecule has 0 saturated carbocycles. The lowest BCUT2D eigenvalue weighted by atomic mass is 10.1. The summed E-state index contributed by atoms with van der Waals surface area (Å²) in [5, 5.41) is 2.37. The van der Waals surface area contributed by atoms with Crippen molar-refractivity contribution >= 4 is 29.0 Å². The highest BCUT2D eigenvalue weighted by molar-refractivity contribution is 7.80. The van der Waals surface area contributed by atoms with Crippen molar-refractivity contribution < 1.29 is 14.3 Å². The Morgan fingerprint density at radius 3 is 2.59 bits per heavy atom. The summed E-state index contributed by atoms with van der Waals surface area (Å²) in [6.45, 7) is 1.29. The van der Waals surface area contributed by atoms with Gasteiger partial charge in [0.25, 0.3) is 0 Å². The third-order valence-electron chi connectivity index (χ3n) is 2.68. The Bertz CT molecular complexity index is 316. The molecule has 1 heterocycles. The second-order valence-corrected chi connectivity index (χ2v) is 4.43. The molecule has 6 nitrogen and oxygen atoms in total. The van der Waals surface area contributed by atoms with Crippen molar-refractivity contribution in [3.8, 4) is 0 Å². The molecular weight excluding hydrogens is 242 g/mol. The van der Waals surface area contributed by atoms with Gasteiger partial charge in [-0.2, -0.15) is 0 Å². The largest absolute Gasteiger partial charge is 0.392 e.